The number of thiophene rings is 1. The van der Waals surface area contributed by atoms with Gasteiger partial charge >= 0.3 is 0 Å². The van der Waals surface area contributed by atoms with Crippen LogP contribution < -0.4 is 0 Å². The van der Waals surface area contributed by atoms with Crippen molar-refractivity contribution in [2.75, 3.05) is 13.1 Å². The normalized spacial score (nSPS) is 23.5. The van der Waals surface area contributed by atoms with E-state index in [4.69, 9.17) is 0 Å². The molecular formula is C10H14FNO2S2. The van der Waals surface area contributed by atoms with E-state index < -0.39 is 15.2 Å². The van der Waals surface area contributed by atoms with Gasteiger partial charge in [0.25, 0.3) is 10.0 Å². The molecule has 0 radical (unpaired) electrons. The van der Waals surface area contributed by atoms with Crippen molar-refractivity contribution in [1.29, 1.82) is 0 Å². The summed E-state index contributed by atoms with van der Waals surface area (Å²) in [6.07, 6.45) is 1.94. The van der Waals surface area contributed by atoms with Crippen molar-refractivity contribution in [3.63, 3.8) is 0 Å². The van der Waals surface area contributed by atoms with Gasteiger partial charge in [0.05, 0.1) is 0 Å². The zero-order valence-corrected chi connectivity index (χ0v) is 10.7. The Hall–Kier alpha value is -0.460. The van der Waals surface area contributed by atoms with Gasteiger partial charge < -0.3 is 0 Å². The Morgan fingerprint density at radius 3 is 2.81 bits per heavy atom. The fourth-order valence-corrected chi connectivity index (χ4v) is 4.68. The van der Waals surface area contributed by atoms with E-state index in [2.05, 4.69) is 0 Å². The molecule has 0 unspecified atom stereocenters. The van der Waals surface area contributed by atoms with E-state index in [1.807, 2.05) is 6.92 Å². The van der Waals surface area contributed by atoms with Crippen LogP contribution in [0.3, 0.4) is 0 Å². The van der Waals surface area contributed by atoms with Crippen LogP contribution in [0.2, 0.25) is 0 Å². The predicted molar refractivity (Wildman–Crippen MR) is 61.4 cm³/mol. The molecule has 0 saturated carbocycles. The molecule has 0 aromatic carbocycles. The van der Waals surface area contributed by atoms with Crippen LogP contribution in [-0.4, -0.2) is 25.8 Å². The third kappa shape index (κ3) is 2.28. The highest BCUT2D eigenvalue weighted by Gasteiger charge is 2.29. The minimum absolute atomic E-state index is 0.110. The summed E-state index contributed by atoms with van der Waals surface area (Å²) in [4.78, 5) is 0. The fourth-order valence-electron chi connectivity index (χ4n) is 1.93. The molecule has 6 heteroatoms. The van der Waals surface area contributed by atoms with Crippen LogP contribution in [0.4, 0.5) is 4.39 Å². The largest absolute Gasteiger partial charge is 0.252 e. The first kappa shape index (κ1) is 12.0. The summed E-state index contributed by atoms with van der Waals surface area (Å²) in [5, 5.41) is -0.455. The Labute approximate surface area is 98.9 Å². The number of piperidine rings is 1. The summed E-state index contributed by atoms with van der Waals surface area (Å²) in [6, 6.07) is 2.54. The highest BCUT2D eigenvalue weighted by atomic mass is 32.2. The molecule has 3 nitrogen and oxygen atoms in total. The molecule has 1 aromatic heterocycles. The second kappa shape index (κ2) is 4.43. The standard InChI is InChI=1S/C10H14FNO2S2/c1-8-3-2-6-12(7-8)16(13,14)10-5-4-9(11)15-10/h4-5,8H,2-3,6-7H2,1H3/t8-/m0/s1. The third-order valence-electron chi connectivity index (χ3n) is 2.76. The second-order valence-corrected chi connectivity index (χ2v) is 7.37. The Morgan fingerprint density at radius 1 is 1.50 bits per heavy atom. The molecule has 0 N–H and O–H groups in total. The van der Waals surface area contributed by atoms with Gasteiger partial charge in [0, 0.05) is 13.1 Å². The summed E-state index contributed by atoms with van der Waals surface area (Å²) < 4.78 is 38.6. The number of sulfonamides is 1. The molecule has 2 heterocycles. The van der Waals surface area contributed by atoms with Crippen molar-refractivity contribution in [2.45, 2.75) is 24.0 Å². The first-order chi connectivity index (χ1) is 7.50. The highest BCUT2D eigenvalue weighted by molar-refractivity contribution is 7.91. The predicted octanol–water partition coefficient (Wildman–Crippen LogP) is 2.31. The van der Waals surface area contributed by atoms with E-state index in [0.29, 0.717) is 30.3 Å². The Bertz CT molecular complexity index is 469. The van der Waals surface area contributed by atoms with E-state index in [0.717, 1.165) is 12.8 Å². The molecule has 90 valence electrons. The average Bonchev–Trinajstić information content (AvgIpc) is 2.65. The lowest BCUT2D eigenvalue weighted by Crippen LogP contribution is -2.38. The molecule has 0 aliphatic carbocycles. The lowest BCUT2D eigenvalue weighted by atomic mass is 10.0. The Morgan fingerprint density at radius 2 is 2.25 bits per heavy atom. The smallest absolute Gasteiger partial charge is 0.206 e. The van der Waals surface area contributed by atoms with Crippen LogP contribution >= 0.6 is 11.3 Å². The zero-order valence-electron chi connectivity index (χ0n) is 9.02. The molecule has 0 spiro atoms. The van der Waals surface area contributed by atoms with Gasteiger partial charge in [0.15, 0.2) is 5.13 Å². The summed E-state index contributed by atoms with van der Waals surface area (Å²) >= 11 is 0.693. The molecule has 16 heavy (non-hydrogen) atoms. The van der Waals surface area contributed by atoms with Crippen molar-refractivity contribution >= 4 is 21.4 Å². The van der Waals surface area contributed by atoms with Crippen molar-refractivity contribution in [3.8, 4) is 0 Å². The van der Waals surface area contributed by atoms with Crippen LogP contribution in [0.15, 0.2) is 16.3 Å². The SMILES string of the molecule is C[C@H]1CCCN(S(=O)(=O)c2ccc(F)s2)C1. The van der Waals surface area contributed by atoms with Crippen molar-refractivity contribution in [2.24, 2.45) is 5.92 Å². The minimum atomic E-state index is -3.46. The van der Waals surface area contributed by atoms with E-state index in [1.54, 1.807) is 0 Å². The quantitative estimate of drug-likeness (QED) is 0.821. The van der Waals surface area contributed by atoms with Crippen LogP contribution in [-0.2, 0) is 10.0 Å². The van der Waals surface area contributed by atoms with Gasteiger partial charge in [-0.1, -0.05) is 18.3 Å². The molecule has 1 aliphatic rings. The number of rotatable bonds is 2. The van der Waals surface area contributed by atoms with Gasteiger partial charge in [0.1, 0.15) is 4.21 Å². The maximum atomic E-state index is 12.8. The zero-order chi connectivity index (χ0) is 11.8. The summed E-state index contributed by atoms with van der Waals surface area (Å²) in [6.45, 7) is 3.13. The molecule has 1 aliphatic heterocycles. The number of nitrogens with zero attached hydrogens (tertiary/aromatic N) is 1. The maximum Gasteiger partial charge on any atom is 0.252 e. The van der Waals surface area contributed by atoms with E-state index in [1.165, 1.54) is 16.4 Å². The fraction of sp³-hybridized carbons (Fsp3) is 0.600. The molecule has 0 bridgehead atoms. The van der Waals surface area contributed by atoms with Gasteiger partial charge in [-0.05, 0) is 30.9 Å². The molecule has 1 atom stereocenters. The third-order valence-corrected chi connectivity index (χ3v) is 5.97. The summed E-state index contributed by atoms with van der Waals surface area (Å²) in [7, 11) is -3.46. The first-order valence-electron chi connectivity index (χ1n) is 5.25. The van der Waals surface area contributed by atoms with E-state index in [-0.39, 0.29) is 4.21 Å². The molecule has 0 amide bonds. The highest BCUT2D eigenvalue weighted by Crippen LogP contribution is 2.27. The molecule has 1 aromatic rings. The topological polar surface area (TPSA) is 37.4 Å². The van der Waals surface area contributed by atoms with Gasteiger partial charge in [-0.15, -0.1) is 0 Å². The molecule has 1 fully saturated rings. The van der Waals surface area contributed by atoms with Crippen LogP contribution in [0.5, 0.6) is 0 Å². The minimum Gasteiger partial charge on any atom is -0.206 e. The number of hydrogen-bond donors (Lipinski definition) is 0. The lowest BCUT2D eigenvalue weighted by molar-refractivity contribution is 0.281. The van der Waals surface area contributed by atoms with Crippen LogP contribution in [0, 0.1) is 11.0 Å². The van der Waals surface area contributed by atoms with Crippen molar-refractivity contribution in [3.05, 3.63) is 17.3 Å². The van der Waals surface area contributed by atoms with E-state index >= 15 is 0 Å². The van der Waals surface area contributed by atoms with Gasteiger partial charge in [-0.3, -0.25) is 0 Å². The molecule has 1 saturated heterocycles. The van der Waals surface area contributed by atoms with Gasteiger partial charge in [0.2, 0.25) is 0 Å². The Balaban J connectivity index is 2.25. The summed E-state index contributed by atoms with van der Waals surface area (Å²) in [5.41, 5.74) is 0. The maximum absolute atomic E-state index is 12.8. The first-order valence-corrected chi connectivity index (χ1v) is 7.51. The monoisotopic (exact) mass is 263 g/mol. The van der Waals surface area contributed by atoms with Crippen molar-refractivity contribution < 1.29 is 12.8 Å². The number of halogens is 1. The molecule has 2 rings (SSSR count). The van der Waals surface area contributed by atoms with E-state index in [9.17, 15) is 12.8 Å². The average molecular weight is 263 g/mol. The lowest BCUT2D eigenvalue weighted by Gasteiger charge is -2.29. The van der Waals surface area contributed by atoms with Gasteiger partial charge in [-0.25, -0.2) is 8.42 Å². The van der Waals surface area contributed by atoms with Crippen molar-refractivity contribution in [1.82, 2.24) is 4.31 Å². The summed E-state index contributed by atoms with van der Waals surface area (Å²) in [5.74, 6) is 0.383. The Kier molecular flexibility index (Phi) is 3.32. The van der Waals surface area contributed by atoms with Crippen LogP contribution in [0.1, 0.15) is 19.8 Å². The van der Waals surface area contributed by atoms with Crippen LogP contribution in [0.25, 0.3) is 0 Å². The van der Waals surface area contributed by atoms with Gasteiger partial charge in [-0.2, -0.15) is 8.70 Å². The number of hydrogen-bond acceptors (Lipinski definition) is 3. The second-order valence-electron chi connectivity index (χ2n) is 4.17. The molecular weight excluding hydrogens is 249 g/mol.